The molecular weight excluding hydrogens is 1140 g/mol. The van der Waals surface area contributed by atoms with Gasteiger partial charge in [0.15, 0.2) is 0 Å². The van der Waals surface area contributed by atoms with Crippen LogP contribution in [0.5, 0.6) is 0 Å². The zero-order chi connectivity index (χ0) is 58.6. The number of carboxylic acid groups (broad SMARTS) is 1. The Kier molecular flexibility index (Phi) is 25.0. The quantitative estimate of drug-likeness (QED) is 0.0261. The number of nitrogens with zero attached hydrogens (tertiary/aromatic N) is 8. The Morgan fingerprint density at radius 2 is 1.01 bits per heavy atom. The van der Waals surface area contributed by atoms with Crippen molar-refractivity contribution >= 4 is 83.8 Å². The van der Waals surface area contributed by atoms with Crippen LogP contribution in [0.4, 0.5) is 44.5 Å². The van der Waals surface area contributed by atoms with E-state index in [1.54, 1.807) is 13.3 Å². The number of hydrogen-bond donors (Lipinski definition) is 7. The molecule has 22 nitrogen and oxygen atoms in total. The number of halogens is 2. The average Bonchev–Trinajstić information content (AvgIpc) is 3.15. The summed E-state index contributed by atoms with van der Waals surface area (Å²) in [4.78, 5) is 81.9. The summed E-state index contributed by atoms with van der Waals surface area (Å²) in [5.74, 6) is 4.11. The van der Waals surface area contributed by atoms with Gasteiger partial charge in [-0.2, -0.15) is 0 Å². The molecule has 2 unspecified atom stereocenters. The number of ether oxygens (including phenoxy) is 3. The number of pyridine rings is 2. The van der Waals surface area contributed by atoms with Crippen LogP contribution in [-0.4, -0.2) is 130 Å². The van der Waals surface area contributed by atoms with Gasteiger partial charge >= 0.3 is 24.1 Å². The zero-order valence-electron chi connectivity index (χ0n) is 49.1. The smallest absolute Gasteiger partial charge is 0.408 e. The van der Waals surface area contributed by atoms with Crippen LogP contribution in [0.3, 0.4) is 0 Å². The van der Waals surface area contributed by atoms with Crippen molar-refractivity contribution in [2.24, 2.45) is 0 Å². The number of piperidine rings is 2. The molecule has 4 aliphatic rings. The van der Waals surface area contributed by atoms with Crippen LogP contribution >= 0.6 is 24.8 Å². The van der Waals surface area contributed by atoms with E-state index in [0.29, 0.717) is 36.3 Å². The second kappa shape index (κ2) is 32.9. The SMILES string of the molecule is CCOC(=O)C(CNc1ncnc(N2CCC(c3ccc4c(n3)NCCC4)CC2)c1CC)NC(=O)OCc1ccccc1.CCc1c(NCC(NC(=O)OCc2ccccc2)C(=O)O)ncnc1N1CCC(c2ccc3c(n2)NCCC3)CC1.Cl.Cl. The lowest BCUT2D eigenvalue weighted by Crippen LogP contribution is -2.46. The fraction of sp³-hybridized carbons (Fsp3) is 0.452. The number of anilines is 6. The summed E-state index contributed by atoms with van der Waals surface area (Å²) in [5, 5.41) is 28.0. The van der Waals surface area contributed by atoms with Gasteiger partial charge in [-0.05, 0) is 106 Å². The summed E-state index contributed by atoms with van der Waals surface area (Å²) in [6, 6.07) is 25.2. The molecule has 0 aliphatic carbocycles. The molecule has 460 valence electrons. The largest absolute Gasteiger partial charge is 0.480 e. The van der Waals surface area contributed by atoms with Gasteiger partial charge in [0.25, 0.3) is 0 Å². The molecule has 0 saturated carbocycles. The molecule has 4 aliphatic heterocycles. The lowest BCUT2D eigenvalue weighted by molar-refractivity contribution is -0.145. The molecule has 2 saturated heterocycles. The summed E-state index contributed by atoms with van der Waals surface area (Å²) >= 11 is 0. The molecule has 7 N–H and O–H groups in total. The Morgan fingerprint density at radius 1 is 0.581 bits per heavy atom. The number of carbonyl (C=O) groups excluding carboxylic acids is 3. The molecule has 8 heterocycles. The number of aliphatic carboxylic acids is 1. The van der Waals surface area contributed by atoms with E-state index in [1.807, 2.05) is 67.6 Å². The van der Waals surface area contributed by atoms with Crippen LogP contribution in [0.1, 0.15) is 116 Å². The normalized spacial score (nSPS) is 15.3. The number of hydrogen-bond acceptors (Lipinski definition) is 19. The Labute approximate surface area is 515 Å². The highest BCUT2D eigenvalue weighted by Crippen LogP contribution is 2.35. The van der Waals surface area contributed by atoms with Crippen molar-refractivity contribution in [3.63, 3.8) is 0 Å². The van der Waals surface area contributed by atoms with Crippen molar-refractivity contribution in [1.29, 1.82) is 0 Å². The number of carbonyl (C=O) groups is 4. The summed E-state index contributed by atoms with van der Waals surface area (Å²) in [5.41, 5.74) is 8.46. The molecule has 24 heteroatoms. The molecule has 2 fully saturated rings. The topological polar surface area (TPSA) is 272 Å². The van der Waals surface area contributed by atoms with Crippen molar-refractivity contribution in [1.82, 2.24) is 40.5 Å². The van der Waals surface area contributed by atoms with E-state index in [4.69, 9.17) is 24.2 Å². The van der Waals surface area contributed by atoms with Crippen LogP contribution in [-0.2, 0) is 62.7 Å². The molecule has 2 aromatic carbocycles. The fourth-order valence-corrected chi connectivity index (χ4v) is 11.1. The first kappa shape index (κ1) is 65.3. The molecular formula is C62H80Cl2N14O8. The number of rotatable bonds is 21. The first-order valence-corrected chi connectivity index (χ1v) is 29.5. The van der Waals surface area contributed by atoms with E-state index in [1.165, 1.54) is 17.5 Å². The van der Waals surface area contributed by atoms with Crippen LogP contribution in [0.2, 0.25) is 0 Å². The number of amides is 2. The van der Waals surface area contributed by atoms with Crippen molar-refractivity contribution in [3.05, 3.63) is 142 Å². The molecule has 86 heavy (non-hydrogen) atoms. The van der Waals surface area contributed by atoms with Crippen LogP contribution in [0.25, 0.3) is 0 Å². The van der Waals surface area contributed by atoms with Crippen molar-refractivity contribution in [3.8, 4) is 0 Å². The molecule has 2 amide bonds. The fourth-order valence-electron chi connectivity index (χ4n) is 11.1. The standard InChI is InChI=1S/C32H41N7O4.C30H37N7O4.2ClH/c1-3-25-29(34-19-27(31(40)42-4-2)38-32(41)43-20-22-9-6-5-7-10-22)35-21-36-30(25)39-17-14-23(15-18-39)26-13-12-24-11-8-16-33-28(24)37-26;1-2-23-27(32-17-25(29(38)39)36-30(40)41-18-20-7-4-3-5-8-20)33-19-34-28(23)37-15-12-21(13-16-37)24-11-10-22-9-6-14-31-26(22)35-24;;/h5-7,9-10,12-13,21,23,27H,3-4,8,11,14-20H2,1-2H3,(H,33,37)(H,38,41)(H,34,35,36);3-5,7-8,10-11,19,21,25H,2,6,9,12-18H2,1H3,(H,31,35)(H,36,40)(H,38,39)(H,32,33,34);2*1H. The van der Waals surface area contributed by atoms with Gasteiger partial charge in [0, 0.05) is 86.7 Å². The first-order chi connectivity index (χ1) is 41.1. The van der Waals surface area contributed by atoms with Gasteiger partial charge in [0.05, 0.1) is 6.61 Å². The Hall–Kier alpha value is -8.24. The van der Waals surface area contributed by atoms with Crippen LogP contribution in [0, 0.1) is 0 Å². The molecule has 10 rings (SSSR count). The minimum atomic E-state index is -1.20. The van der Waals surface area contributed by atoms with Gasteiger partial charge in [0.2, 0.25) is 0 Å². The number of carboxylic acids is 1. The minimum Gasteiger partial charge on any atom is -0.480 e. The summed E-state index contributed by atoms with van der Waals surface area (Å²) < 4.78 is 15.7. The van der Waals surface area contributed by atoms with Crippen molar-refractivity contribution in [2.75, 3.05) is 90.0 Å². The van der Waals surface area contributed by atoms with E-state index in [-0.39, 0.29) is 57.7 Å². The molecule has 2 atom stereocenters. The van der Waals surface area contributed by atoms with Gasteiger partial charge in [-0.25, -0.2) is 49.1 Å². The van der Waals surface area contributed by atoms with E-state index in [9.17, 15) is 24.3 Å². The first-order valence-electron chi connectivity index (χ1n) is 29.5. The monoisotopic (exact) mass is 1220 g/mol. The Bertz CT molecular complexity index is 3160. The number of alkyl carbamates (subject to hydrolysis) is 2. The summed E-state index contributed by atoms with van der Waals surface area (Å²) in [6.07, 6.45) is 11.3. The minimum absolute atomic E-state index is 0. The van der Waals surface area contributed by atoms with Crippen molar-refractivity contribution in [2.45, 2.75) is 122 Å². The highest BCUT2D eigenvalue weighted by molar-refractivity contribution is 5.86. The number of fused-ring (bicyclic) bond motifs is 2. The van der Waals surface area contributed by atoms with E-state index in [2.05, 4.69) is 92.8 Å². The Balaban J connectivity index is 0.000000241. The van der Waals surface area contributed by atoms with Gasteiger partial charge < -0.3 is 61.0 Å². The molecule has 0 radical (unpaired) electrons. The van der Waals surface area contributed by atoms with Crippen LogP contribution in [0.15, 0.2) is 97.6 Å². The van der Waals surface area contributed by atoms with Gasteiger partial charge in [-0.1, -0.05) is 86.6 Å². The molecule has 0 bridgehead atoms. The molecule has 0 spiro atoms. The lowest BCUT2D eigenvalue weighted by atomic mass is 9.92. The number of nitrogens with one attached hydrogen (secondary N) is 6. The number of esters is 1. The number of aryl methyl sites for hydroxylation is 2. The lowest BCUT2D eigenvalue weighted by Gasteiger charge is -2.34. The third-order valence-electron chi connectivity index (χ3n) is 15.6. The predicted octanol–water partition coefficient (Wildman–Crippen LogP) is 9.26. The average molecular weight is 1220 g/mol. The number of aromatic nitrogens is 6. The van der Waals surface area contributed by atoms with E-state index >= 15 is 0 Å². The molecule has 6 aromatic rings. The highest BCUT2D eigenvalue weighted by Gasteiger charge is 2.30. The van der Waals surface area contributed by atoms with E-state index in [0.717, 1.165) is 148 Å². The van der Waals surface area contributed by atoms with Crippen molar-refractivity contribution < 1.29 is 38.5 Å². The maximum atomic E-state index is 12.7. The summed E-state index contributed by atoms with van der Waals surface area (Å²) in [7, 11) is 0. The maximum absolute atomic E-state index is 12.7. The predicted molar refractivity (Wildman–Crippen MR) is 336 cm³/mol. The second-order valence-corrected chi connectivity index (χ2v) is 21.2. The Morgan fingerprint density at radius 3 is 1.43 bits per heavy atom. The highest BCUT2D eigenvalue weighted by atomic mass is 35.5. The van der Waals surface area contributed by atoms with E-state index < -0.39 is 36.2 Å². The molecule has 4 aromatic heterocycles. The summed E-state index contributed by atoms with van der Waals surface area (Å²) in [6.45, 7) is 11.6. The van der Waals surface area contributed by atoms with Gasteiger partial charge in [-0.3, -0.25) is 0 Å². The van der Waals surface area contributed by atoms with Crippen LogP contribution < -0.4 is 41.7 Å². The van der Waals surface area contributed by atoms with Gasteiger partial charge in [0.1, 0.15) is 72.9 Å². The third kappa shape index (κ3) is 17.7. The maximum Gasteiger partial charge on any atom is 0.408 e. The zero-order valence-corrected chi connectivity index (χ0v) is 50.7. The van der Waals surface area contributed by atoms with Gasteiger partial charge in [-0.15, -0.1) is 24.8 Å². The third-order valence-corrected chi connectivity index (χ3v) is 15.6. The second-order valence-electron chi connectivity index (χ2n) is 21.2. The number of benzene rings is 2.